The van der Waals surface area contributed by atoms with Crippen molar-refractivity contribution in [1.29, 1.82) is 0 Å². The lowest BCUT2D eigenvalue weighted by atomic mass is 10.1. The first-order valence-corrected chi connectivity index (χ1v) is 6.07. The number of carbonyl (C=O) groups excluding carboxylic acids is 2. The van der Waals surface area contributed by atoms with Crippen molar-refractivity contribution < 1.29 is 29.4 Å². The predicted octanol–water partition coefficient (Wildman–Crippen LogP) is -1.72. The van der Waals surface area contributed by atoms with Crippen LogP contribution in [0.25, 0.3) is 0 Å². The van der Waals surface area contributed by atoms with Crippen LogP contribution in [0.5, 0.6) is 0 Å². The molecule has 0 spiro atoms. The smallest absolute Gasteiger partial charge is 0.326 e. The van der Waals surface area contributed by atoms with Crippen molar-refractivity contribution in [3.63, 3.8) is 0 Å². The first-order chi connectivity index (χ1) is 9.36. The number of carboxylic acids is 2. The molecule has 114 valence electrons. The van der Waals surface area contributed by atoms with E-state index in [1.165, 1.54) is 0 Å². The van der Waals surface area contributed by atoms with Crippen LogP contribution >= 0.6 is 0 Å². The number of nitrogens with two attached hydrogens (primary N) is 1. The SMILES string of the molecule is NCCCCC(NC(=O)CC(=O)NCC(=O)O)C(=O)O. The normalized spacial score (nSPS) is 11.4. The molecule has 0 aromatic rings. The second-order valence-corrected chi connectivity index (χ2v) is 4.09. The molecule has 0 fully saturated rings. The van der Waals surface area contributed by atoms with Crippen molar-refractivity contribution in [1.82, 2.24) is 10.6 Å². The molecule has 0 bridgehead atoms. The summed E-state index contributed by atoms with van der Waals surface area (Å²) in [6, 6.07) is -1.08. The highest BCUT2D eigenvalue weighted by molar-refractivity contribution is 5.98. The zero-order valence-electron chi connectivity index (χ0n) is 10.9. The van der Waals surface area contributed by atoms with Crippen LogP contribution in [0.1, 0.15) is 25.7 Å². The maximum atomic E-state index is 11.4. The topological polar surface area (TPSA) is 159 Å². The average molecular weight is 289 g/mol. The molecule has 0 rings (SSSR count). The Morgan fingerprint density at radius 3 is 2.20 bits per heavy atom. The molecule has 0 aromatic carbocycles. The third kappa shape index (κ3) is 8.86. The molecular formula is C11H19N3O6. The second-order valence-electron chi connectivity index (χ2n) is 4.09. The summed E-state index contributed by atoms with van der Waals surface area (Å²) in [5.41, 5.74) is 5.28. The summed E-state index contributed by atoms with van der Waals surface area (Å²) in [6.45, 7) is -0.164. The van der Waals surface area contributed by atoms with Crippen molar-refractivity contribution >= 4 is 23.8 Å². The Bertz CT molecular complexity index is 371. The van der Waals surface area contributed by atoms with Crippen LogP contribution in [0, 0.1) is 0 Å². The van der Waals surface area contributed by atoms with Gasteiger partial charge >= 0.3 is 11.9 Å². The molecule has 0 radical (unpaired) electrons. The highest BCUT2D eigenvalue weighted by atomic mass is 16.4. The van der Waals surface area contributed by atoms with Crippen molar-refractivity contribution in [2.45, 2.75) is 31.7 Å². The number of hydrogen-bond donors (Lipinski definition) is 5. The molecule has 9 nitrogen and oxygen atoms in total. The molecule has 1 unspecified atom stereocenters. The molecule has 0 aliphatic heterocycles. The highest BCUT2D eigenvalue weighted by Gasteiger charge is 2.20. The maximum absolute atomic E-state index is 11.4. The minimum atomic E-state index is -1.23. The molecule has 0 saturated carbocycles. The van der Waals surface area contributed by atoms with Gasteiger partial charge in [-0.3, -0.25) is 14.4 Å². The fraction of sp³-hybridized carbons (Fsp3) is 0.636. The van der Waals surface area contributed by atoms with Crippen LogP contribution in [0.15, 0.2) is 0 Å². The van der Waals surface area contributed by atoms with E-state index < -0.39 is 42.8 Å². The van der Waals surface area contributed by atoms with Gasteiger partial charge in [-0.15, -0.1) is 0 Å². The van der Waals surface area contributed by atoms with E-state index in [1.807, 2.05) is 5.32 Å². The van der Waals surface area contributed by atoms with Gasteiger partial charge in [0.05, 0.1) is 0 Å². The van der Waals surface area contributed by atoms with Gasteiger partial charge in [0.25, 0.3) is 0 Å². The zero-order valence-corrected chi connectivity index (χ0v) is 10.9. The van der Waals surface area contributed by atoms with E-state index in [0.717, 1.165) is 0 Å². The average Bonchev–Trinajstić information content (AvgIpc) is 2.35. The number of carbonyl (C=O) groups is 4. The van der Waals surface area contributed by atoms with Gasteiger partial charge in [0.2, 0.25) is 11.8 Å². The van der Waals surface area contributed by atoms with E-state index in [9.17, 15) is 19.2 Å². The van der Waals surface area contributed by atoms with Crippen molar-refractivity contribution in [3.8, 4) is 0 Å². The quantitative estimate of drug-likeness (QED) is 0.236. The van der Waals surface area contributed by atoms with Crippen LogP contribution in [-0.2, 0) is 19.2 Å². The van der Waals surface area contributed by atoms with Gasteiger partial charge in [-0.25, -0.2) is 4.79 Å². The fourth-order valence-corrected chi connectivity index (χ4v) is 1.38. The van der Waals surface area contributed by atoms with Gasteiger partial charge in [-0.05, 0) is 25.8 Å². The Labute approximate surface area is 115 Å². The Morgan fingerprint density at radius 1 is 1.05 bits per heavy atom. The summed E-state index contributed by atoms with van der Waals surface area (Å²) in [5, 5.41) is 21.5. The maximum Gasteiger partial charge on any atom is 0.326 e. The molecule has 0 heterocycles. The Morgan fingerprint density at radius 2 is 1.70 bits per heavy atom. The molecule has 0 aromatic heterocycles. The molecule has 0 aliphatic carbocycles. The summed E-state index contributed by atoms with van der Waals surface area (Å²) >= 11 is 0. The van der Waals surface area contributed by atoms with Crippen molar-refractivity contribution in [3.05, 3.63) is 0 Å². The molecule has 6 N–H and O–H groups in total. The minimum absolute atomic E-state index is 0.217. The zero-order chi connectivity index (χ0) is 15.5. The Hall–Kier alpha value is -2.16. The summed E-state index contributed by atoms with van der Waals surface area (Å²) < 4.78 is 0. The van der Waals surface area contributed by atoms with Gasteiger partial charge in [0.1, 0.15) is 19.0 Å². The van der Waals surface area contributed by atoms with Crippen molar-refractivity contribution in [2.75, 3.05) is 13.1 Å². The second kappa shape index (κ2) is 9.73. The lowest BCUT2D eigenvalue weighted by Gasteiger charge is -2.14. The number of rotatable bonds is 10. The number of unbranched alkanes of at least 4 members (excludes halogenated alkanes) is 1. The number of carboxylic acid groups (broad SMARTS) is 2. The fourth-order valence-electron chi connectivity index (χ4n) is 1.38. The van der Waals surface area contributed by atoms with E-state index in [2.05, 4.69) is 5.32 Å². The Balaban J connectivity index is 4.15. The van der Waals surface area contributed by atoms with E-state index in [-0.39, 0.29) is 6.42 Å². The minimum Gasteiger partial charge on any atom is -0.480 e. The summed E-state index contributed by atoms with van der Waals surface area (Å²) in [5.74, 6) is -3.98. The van der Waals surface area contributed by atoms with E-state index in [1.54, 1.807) is 0 Å². The standard InChI is InChI=1S/C11H19N3O6/c12-4-2-1-3-7(11(19)20)14-9(16)5-8(15)13-6-10(17)18/h7H,1-6,12H2,(H,13,15)(H,14,16)(H,17,18)(H,19,20). The largest absolute Gasteiger partial charge is 0.480 e. The summed E-state index contributed by atoms with van der Waals surface area (Å²) in [4.78, 5) is 43.7. The number of nitrogens with one attached hydrogen (secondary N) is 2. The first kappa shape index (κ1) is 17.8. The van der Waals surface area contributed by atoms with Crippen LogP contribution in [0.2, 0.25) is 0 Å². The third-order valence-corrected chi connectivity index (χ3v) is 2.34. The number of amides is 2. The van der Waals surface area contributed by atoms with Crippen LogP contribution in [0.4, 0.5) is 0 Å². The van der Waals surface area contributed by atoms with Crippen molar-refractivity contribution in [2.24, 2.45) is 5.73 Å². The molecule has 0 saturated heterocycles. The van der Waals surface area contributed by atoms with Gasteiger partial charge < -0.3 is 26.6 Å². The Kier molecular flexibility index (Phi) is 8.68. The molecule has 0 aliphatic rings. The molecule has 2 amide bonds. The third-order valence-electron chi connectivity index (χ3n) is 2.34. The van der Waals surface area contributed by atoms with Gasteiger partial charge in [-0.1, -0.05) is 0 Å². The lowest BCUT2D eigenvalue weighted by Crippen LogP contribution is -2.43. The molecular weight excluding hydrogens is 270 g/mol. The van der Waals surface area contributed by atoms with Crippen LogP contribution < -0.4 is 16.4 Å². The summed E-state index contributed by atoms with van der Waals surface area (Å²) in [6.07, 6.45) is 0.778. The predicted molar refractivity (Wildman–Crippen MR) is 67.7 cm³/mol. The van der Waals surface area contributed by atoms with Gasteiger partial charge in [-0.2, -0.15) is 0 Å². The van der Waals surface area contributed by atoms with Gasteiger partial charge in [0.15, 0.2) is 0 Å². The number of aliphatic carboxylic acids is 2. The highest BCUT2D eigenvalue weighted by Crippen LogP contribution is 2.01. The van der Waals surface area contributed by atoms with E-state index >= 15 is 0 Å². The first-order valence-electron chi connectivity index (χ1n) is 6.07. The molecule has 20 heavy (non-hydrogen) atoms. The van der Waals surface area contributed by atoms with Crippen LogP contribution in [-0.4, -0.2) is 53.1 Å². The lowest BCUT2D eigenvalue weighted by molar-refractivity contribution is -0.143. The monoisotopic (exact) mass is 289 g/mol. The summed E-state index contributed by atoms with van der Waals surface area (Å²) in [7, 11) is 0. The van der Waals surface area contributed by atoms with Gasteiger partial charge in [0, 0.05) is 0 Å². The number of hydrogen-bond acceptors (Lipinski definition) is 5. The molecule has 9 heteroatoms. The van der Waals surface area contributed by atoms with E-state index in [0.29, 0.717) is 19.4 Å². The van der Waals surface area contributed by atoms with E-state index in [4.69, 9.17) is 15.9 Å². The van der Waals surface area contributed by atoms with Crippen LogP contribution in [0.3, 0.4) is 0 Å². The molecule has 1 atom stereocenters.